The zero-order chi connectivity index (χ0) is 21.2. The van der Waals surface area contributed by atoms with E-state index in [1.165, 1.54) is 12.1 Å². The van der Waals surface area contributed by atoms with Crippen LogP contribution in [0.3, 0.4) is 0 Å². The number of ether oxygens (including phenoxy) is 1. The third-order valence-corrected chi connectivity index (χ3v) is 6.45. The van der Waals surface area contributed by atoms with E-state index in [1.807, 2.05) is 0 Å². The molecule has 4 aliphatic heterocycles. The topological polar surface area (TPSA) is 122 Å². The summed E-state index contributed by atoms with van der Waals surface area (Å²) in [6.45, 7) is 1.94. The maximum Gasteiger partial charge on any atom is 0.264 e. The summed E-state index contributed by atoms with van der Waals surface area (Å²) >= 11 is 0. The summed E-state index contributed by atoms with van der Waals surface area (Å²) < 4.78 is 20.5. The normalized spacial score (nSPS) is 27.5. The number of fused-ring (bicyclic) bond motifs is 1. The lowest BCUT2D eigenvalue weighted by molar-refractivity contribution is -0.136. The van der Waals surface area contributed by atoms with Crippen molar-refractivity contribution >= 4 is 29.3 Å². The van der Waals surface area contributed by atoms with Crippen LogP contribution in [0.25, 0.3) is 0 Å². The molecule has 0 aromatic heterocycles. The minimum Gasteiger partial charge on any atom is -0.376 e. The summed E-state index contributed by atoms with van der Waals surface area (Å²) in [4.78, 5) is 52.3. The van der Waals surface area contributed by atoms with Gasteiger partial charge in [-0.3, -0.25) is 29.4 Å². The number of carbonyl (C=O) groups excluding carboxylic acids is 4. The van der Waals surface area contributed by atoms with Gasteiger partial charge in [0.25, 0.3) is 11.8 Å². The Labute approximate surface area is 171 Å². The van der Waals surface area contributed by atoms with Gasteiger partial charge in [0.05, 0.1) is 29.5 Å². The van der Waals surface area contributed by atoms with E-state index in [0.29, 0.717) is 26.2 Å². The fraction of sp³-hybridized carbons (Fsp3) is 0.500. The molecule has 4 amide bonds. The zero-order valence-corrected chi connectivity index (χ0v) is 16.2. The second-order valence-corrected chi connectivity index (χ2v) is 8.49. The molecule has 30 heavy (non-hydrogen) atoms. The maximum absolute atomic E-state index is 14.8. The van der Waals surface area contributed by atoms with E-state index >= 15 is 0 Å². The Hall–Kier alpha value is -2.85. The molecule has 1 spiro atoms. The molecule has 2 unspecified atom stereocenters. The van der Waals surface area contributed by atoms with Crippen molar-refractivity contribution in [2.45, 2.75) is 31.4 Å². The van der Waals surface area contributed by atoms with E-state index in [-0.39, 0.29) is 41.2 Å². The van der Waals surface area contributed by atoms with Crippen LogP contribution in [-0.2, 0) is 14.3 Å². The van der Waals surface area contributed by atoms with Crippen LogP contribution in [0, 0.1) is 11.2 Å². The molecule has 5 rings (SSSR count). The van der Waals surface area contributed by atoms with Crippen molar-refractivity contribution in [2.24, 2.45) is 11.1 Å². The molecule has 9 nitrogen and oxygen atoms in total. The number of hydrogen-bond donors (Lipinski definition) is 2. The fourth-order valence-electron chi connectivity index (χ4n) is 5.01. The quantitative estimate of drug-likeness (QED) is 0.654. The number of anilines is 1. The van der Waals surface area contributed by atoms with Crippen molar-refractivity contribution in [3.8, 4) is 0 Å². The number of imide groups is 2. The summed E-state index contributed by atoms with van der Waals surface area (Å²) in [5.41, 5.74) is 5.69. The van der Waals surface area contributed by atoms with Crippen molar-refractivity contribution < 1.29 is 28.3 Å². The number of nitrogens with zero attached hydrogens (tertiary/aromatic N) is 2. The van der Waals surface area contributed by atoms with Gasteiger partial charge in [-0.05, 0) is 25.0 Å². The summed E-state index contributed by atoms with van der Waals surface area (Å²) in [7, 11) is 0. The average Bonchev–Trinajstić information content (AvgIpc) is 3.22. The predicted octanol–water partition coefficient (Wildman–Crippen LogP) is -0.219. The van der Waals surface area contributed by atoms with E-state index in [2.05, 4.69) is 5.32 Å². The Bertz CT molecular complexity index is 990. The van der Waals surface area contributed by atoms with Gasteiger partial charge in [0.15, 0.2) is 0 Å². The largest absolute Gasteiger partial charge is 0.376 e. The first-order valence-electron chi connectivity index (χ1n) is 9.94. The lowest BCUT2D eigenvalue weighted by Gasteiger charge is -2.49. The van der Waals surface area contributed by atoms with Gasteiger partial charge in [-0.2, -0.15) is 0 Å². The number of piperidine rings is 1. The average molecular weight is 416 g/mol. The van der Waals surface area contributed by atoms with Crippen LogP contribution < -0.4 is 16.0 Å². The van der Waals surface area contributed by atoms with Crippen molar-refractivity contribution in [1.29, 1.82) is 0 Å². The van der Waals surface area contributed by atoms with Crippen LogP contribution in [0.5, 0.6) is 0 Å². The van der Waals surface area contributed by atoms with Gasteiger partial charge in [0.2, 0.25) is 11.8 Å². The summed E-state index contributed by atoms with van der Waals surface area (Å²) in [5.74, 6) is -3.08. The number of hydrogen-bond acceptors (Lipinski definition) is 7. The SMILES string of the molecule is NCC1CC2(CO1)CN(c1c(F)ccc3c1C(=O)N(C1CCC(=O)NC1=O)C3=O)C2. The zero-order valence-electron chi connectivity index (χ0n) is 16.2. The van der Waals surface area contributed by atoms with E-state index < -0.39 is 35.5 Å². The van der Waals surface area contributed by atoms with E-state index in [1.54, 1.807) is 4.90 Å². The highest BCUT2D eigenvalue weighted by molar-refractivity contribution is 6.25. The maximum atomic E-state index is 14.8. The first-order valence-corrected chi connectivity index (χ1v) is 9.94. The Kier molecular flexibility index (Phi) is 4.19. The lowest BCUT2D eigenvalue weighted by atomic mass is 9.77. The van der Waals surface area contributed by atoms with E-state index in [0.717, 1.165) is 11.3 Å². The molecule has 10 heteroatoms. The molecule has 4 heterocycles. The Morgan fingerprint density at radius 1 is 1.20 bits per heavy atom. The van der Waals surface area contributed by atoms with Crippen LogP contribution >= 0.6 is 0 Å². The Balaban J connectivity index is 1.44. The second-order valence-electron chi connectivity index (χ2n) is 8.49. The van der Waals surface area contributed by atoms with Crippen molar-refractivity contribution in [3.63, 3.8) is 0 Å². The van der Waals surface area contributed by atoms with Crippen LogP contribution in [0.2, 0.25) is 0 Å². The smallest absolute Gasteiger partial charge is 0.264 e. The number of rotatable bonds is 3. The van der Waals surface area contributed by atoms with Crippen LogP contribution in [0.15, 0.2) is 12.1 Å². The molecule has 158 valence electrons. The van der Waals surface area contributed by atoms with Gasteiger partial charge < -0.3 is 15.4 Å². The van der Waals surface area contributed by atoms with Gasteiger partial charge in [-0.1, -0.05) is 0 Å². The molecule has 0 radical (unpaired) electrons. The molecular formula is C20H21FN4O5. The second kappa shape index (κ2) is 6.58. The highest BCUT2D eigenvalue weighted by Gasteiger charge is 2.52. The van der Waals surface area contributed by atoms with Crippen LogP contribution in [0.4, 0.5) is 10.1 Å². The molecule has 1 aromatic rings. The third kappa shape index (κ3) is 2.67. The van der Waals surface area contributed by atoms with Crippen molar-refractivity contribution in [3.05, 3.63) is 29.1 Å². The molecule has 3 N–H and O–H groups in total. The lowest BCUT2D eigenvalue weighted by Crippen LogP contribution is -2.58. The molecule has 3 fully saturated rings. The van der Waals surface area contributed by atoms with Crippen molar-refractivity contribution in [2.75, 3.05) is 31.1 Å². The van der Waals surface area contributed by atoms with Gasteiger partial charge in [0.1, 0.15) is 11.9 Å². The van der Waals surface area contributed by atoms with Gasteiger partial charge in [-0.15, -0.1) is 0 Å². The molecule has 0 bridgehead atoms. The Morgan fingerprint density at radius 2 is 1.97 bits per heavy atom. The third-order valence-electron chi connectivity index (χ3n) is 6.45. The highest BCUT2D eigenvalue weighted by atomic mass is 19.1. The summed E-state index contributed by atoms with van der Waals surface area (Å²) in [6.07, 6.45) is 0.830. The van der Waals surface area contributed by atoms with Crippen molar-refractivity contribution in [1.82, 2.24) is 10.2 Å². The van der Waals surface area contributed by atoms with Crippen LogP contribution in [0.1, 0.15) is 40.0 Å². The van der Waals surface area contributed by atoms with Gasteiger partial charge in [0, 0.05) is 31.5 Å². The first-order chi connectivity index (χ1) is 14.3. The molecule has 1 aromatic carbocycles. The Morgan fingerprint density at radius 3 is 2.63 bits per heavy atom. The molecule has 2 atom stereocenters. The monoisotopic (exact) mass is 416 g/mol. The van der Waals surface area contributed by atoms with Crippen LogP contribution in [-0.4, -0.2) is 66.9 Å². The number of carbonyl (C=O) groups is 4. The number of halogens is 1. The summed E-state index contributed by atoms with van der Waals surface area (Å²) in [5, 5.41) is 2.16. The molecule has 0 saturated carbocycles. The molecule has 0 aliphatic carbocycles. The number of amides is 4. The predicted molar refractivity (Wildman–Crippen MR) is 101 cm³/mol. The van der Waals surface area contributed by atoms with E-state index in [9.17, 15) is 23.6 Å². The number of nitrogens with two attached hydrogens (primary N) is 1. The molecular weight excluding hydrogens is 395 g/mol. The molecule has 4 aliphatic rings. The van der Waals surface area contributed by atoms with Gasteiger partial charge in [-0.25, -0.2) is 4.39 Å². The number of benzene rings is 1. The standard InChI is InChI=1S/C20H21FN4O5/c21-12-2-1-11-15(16(12)24-7-20(8-24)5-10(6-22)30-9-20)19(29)25(18(11)28)13-3-4-14(26)23-17(13)27/h1-2,10,13H,3-9,22H2,(H,23,26,27). The first kappa shape index (κ1) is 19.1. The minimum atomic E-state index is -1.08. The fourth-order valence-corrected chi connectivity index (χ4v) is 5.01. The molecule has 3 saturated heterocycles. The van der Waals surface area contributed by atoms with Gasteiger partial charge >= 0.3 is 0 Å². The van der Waals surface area contributed by atoms with E-state index in [4.69, 9.17) is 10.5 Å². The highest BCUT2D eigenvalue weighted by Crippen LogP contribution is 2.46. The number of nitrogens with one attached hydrogen (secondary N) is 1. The minimum absolute atomic E-state index is 0.0196. The summed E-state index contributed by atoms with van der Waals surface area (Å²) in [6, 6.07) is 1.37.